The summed E-state index contributed by atoms with van der Waals surface area (Å²) >= 11 is 1.71. The molecule has 2 N–H and O–H groups in total. The zero-order valence-corrected chi connectivity index (χ0v) is 15.1. The maximum atomic E-state index is 5.76. The molecule has 0 bridgehead atoms. The third-order valence-corrected chi connectivity index (χ3v) is 2.88. The third-order valence-electron chi connectivity index (χ3n) is 2.25. The number of hydrogen-bond donors (Lipinski definition) is 1. The van der Waals surface area contributed by atoms with Crippen LogP contribution in [0.2, 0.25) is 0 Å². The summed E-state index contributed by atoms with van der Waals surface area (Å²) in [7, 11) is 0. The predicted octanol–water partition coefficient (Wildman–Crippen LogP) is 5.41. The average Bonchev–Trinajstić information content (AvgIpc) is 2.88. The summed E-state index contributed by atoms with van der Waals surface area (Å²) in [4.78, 5) is 0. The predicted molar refractivity (Wildman–Crippen MR) is 104 cm³/mol. The average molecular weight is 483 g/mol. The molecular formula is C14H15I2NS. The van der Waals surface area contributed by atoms with E-state index in [9.17, 15) is 0 Å². The van der Waals surface area contributed by atoms with Crippen molar-refractivity contribution < 1.29 is 0 Å². The molecule has 0 radical (unpaired) electrons. The van der Waals surface area contributed by atoms with Gasteiger partial charge in [0.1, 0.15) is 0 Å². The molecule has 1 aromatic heterocycles. The Morgan fingerprint density at radius 1 is 0.722 bits per heavy atom. The molecule has 4 heteroatoms. The van der Waals surface area contributed by atoms with Crippen LogP contribution in [0.15, 0.2) is 65.4 Å². The fourth-order valence-corrected chi connectivity index (χ4v) is 1.93. The quantitative estimate of drug-likeness (QED) is 0.336. The first-order valence-corrected chi connectivity index (χ1v) is 6.02. The number of fused-ring (bicyclic) bond motifs is 1. The summed E-state index contributed by atoms with van der Waals surface area (Å²) in [6.07, 6.45) is 0. The van der Waals surface area contributed by atoms with Crippen molar-refractivity contribution in [3.8, 4) is 0 Å². The van der Waals surface area contributed by atoms with Crippen molar-refractivity contribution in [2.24, 2.45) is 0 Å². The van der Waals surface area contributed by atoms with Crippen LogP contribution in [0.3, 0.4) is 0 Å². The number of benzene rings is 2. The lowest BCUT2D eigenvalue weighted by Crippen LogP contribution is -1.84. The molecule has 18 heavy (non-hydrogen) atoms. The van der Waals surface area contributed by atoms with Gasteiger partial charge in [0.2, 0.25) is 0 Å². The number of nitrogen functional groups attached to an aromatic ring is 1. The van der Waals surface area contributed by atoms with Gasteiger partial charge in [0.15, 0.2) is 0 Å². The fourth-order valence-electron chi connectivity index (χ4n) is 1.48. The monoisotopic (exact) mass is 483 g/mol. The van der Waals surface area contributed by atoms with E-state index in [1.54, 1.807) is 11.3 Å². The Balaban J connectivity index is 0.000000357. The van der Waals surface area contributed by atoms with Gasteiger partial charge in [-0.3, -0.25) is 0 Å². The molecule has 0 saturated carbocycles. The molecule has 0 atom stereocenters. The Kier molecular flexibility index (Phi) is 9.39. The van der Waals surface area contributed by atoms with Gasteiger partial charge in [-0.05, 0) is 22.2 Å². The Morgan fingerprint density at radius 3 is 1.89 bits per heavy atom. The maximum absolute atomic E-state index is 5.76. The summed E-state index contributed by atoms with van der Waals surface area (Å²) in [5, 5.41) is 6.42. The number of rotatable bonds is 0. The van der Waals surface area contributed by atoms with Gasteiger partial charge in [-0.15, -0.1) is 48.0 Å². The van der Waals surface area contributed by atoms with Gasteiger partial charge in [0.25, 0.3) is 0 Å². The van der Waals surface area contributed by atoms with Crippen LogP contribution in [0, 0.1) is 0 Å². The summed E-state index contributed by atoms with van der Waals surface area (Å²) in [6.45, 7) is 0. The van der Waals surface area contributed by atoms with Crippen molar-refractivity contribution >= 4 is 75.7 Å². The summed E-state index contributed by atoms with van der Waals surface area (Å²) in [5.74, 6) is 0. The lowest BCUT2D eigenvalue weighted by molar-refractivity contribution is 1.73. The molecule has 3 rings (SSSR count). The Labute approximate surface area is 145 Å². The van der Waals surface area contributed by atoms with E-state index in [4.69, 9.17) is 5.73 Å². The second kappa shape index (κ2) is 9.57. The first kappa shape index (κ1) is 17.7. The van der Waals surface area contributed by atoms with Gasteiger partial charge in [-0.2, -0.15) is 11.3 Å². The highest BCUT2D eigenvalue weighted by Gasteiger charge is 1.92. The molecule has 0 unspecified atom stereocenters. The molecule has 0 aliphatic heterocycles. The van der Waals surface area contributed by atoms with Crippen LogP contribution < -0.4 is 5.73 Å². The zero-order valence-electron chi connectivity index (χ0n) is 9.65. The van der Waals surface area contributed by atoms with Crippen LogP contribution in [0.25, 0.3) is 10.8 Å². The number of thiophene rings is 1. The molecule has 0 amide bonds. The van der Waals surface area contributed by atoms with Crippen molar-refractivity contribution in [2.75, 3.05) is 5.73 Å². The van der Waals surface area contributed by atoms with Gasteiger partial charge < -0.3 is 5.73 Å². The molecule has 0 fully saturated rings. The molecule has 1 heterocycles. The standard InChI is InChI=1S/C10H9N.C4H4S.2HI/c11-10-7-3-5-8-4-1-2-6-9(8)10;1-2-4-5-3-1;;/h1-7H,11H2;1-4H;2*1H. The minimum atomic E-state index is 0. The van der Waals surface area contributed by atoms with Crippen LogP contribution in [0.4, 0.5) is 5.69 Å². The number of nitrogens with two attached hydrogens (primary N) is 1. The normalized spacial score (nSPS) is 8.44. The molecule has 0 aliphatic carbocycles. The molecular weight excluding hydrogens is 468 g/mol. The zero-order chi connectivity index (χ0) is 11.2. The van der Waals surface area contributed by atoms with E-state index in [0.29, 0.717) is 0 Å². The van der Waals surface area contributed by atoms with E-state index >= 15 is 0 Å². The number of anilines is 1. The van der Waals surface area contributed by atoms with Gasteiger partial charge in [0, 0.05) is 11.1 Å². The smallest absolute Gasteiger partial charge is 0.0393 e. The Morgan fingerprint density at radius 2 is 1.33 bits per heavy atom. The summed E-state index contributed by atoms with van der Waals surface area (Å²) in [5.41, 5.74) is 6.61. The fraction of sp³-hybridized carbons (Fsp3) is 0. The maximum Gasteiger partial charge on any atom is 0.0393 e. The van der Waals surface area contributed by atoms with Crippen LogP contribution >= 0.6 is 59.3 Å². The van der Waals surface area contributed by atoms with Gasteiger partial charge in [-0.25, -0.2) is 0 Å². The van der Waals surface area contributed by atoms with Gasteiger partial charge >= 0.3 is 0 Å². The minimum Gasteiger partial charge on any atom is -0.398 e. The molecule has 96 valence electrons. The second-order valence-electron chi connectivity index (χ2n) is 3.36. The summed E-state index contributed by atoms with van der Waals surface area (Å²) < 4.78 is 0. The van der Waals surface area contributed by atoms with E-state index < -0.39 is 0 Å². The number of hydrogen-bond acceptors (Lipinski definition) is 2. The Bertz CT molecular complexity index is 530. The van der Waals surface area contributed by atoms with Gasteiger partial charge in [-0.1, -0.05) is 48.5 Å². The van der Waals surface area contributed by atoms with Crippen LogP contribution in [0.5, 0.6) is 0 Å². The number of halogens is 2. The van der Waals surface area contributed by atoms with Gasteiger partial charge in [0.05, 0.1) is 0 Å². The lowest BCUT2D eigenvalue weighted by Gasteiger charge is -1.98. The van der Waals surface area contributed by atoms with Crippen LogP contribution in [0.1, 0.15) is 0 Å². The van der Waals surface area contributed by atoms with Crippen molar-refractivity contribution in [1.29, 1.82) is 0 Å². The molecule has 0 spiro atoms. The van der Waals surface area contributed by atoms with E-state index in [1.807, 2.05) is 53.2 Å². The van der Waals surface area contributed by atoms with Crippen molar-refractivity contribution in [2.45, 2.75) is 0 Å². The van der Waals surface area contributed by atoms with E-state index in [2.05, 4.69) is 12.1 Å². The van der Waals surface area contributed by atoms with E-state index in [0.717, 1.165) is 11.1 Å². The highest BCUT2D eigenvalue weighted by Crippen LogP contribution is 2.19. The topological polar surface area (TPSA) is 26.0 Å². The SMILES string of the molecule is I.I.Nc1cccc2ccccc12.c1ccsc1. The largest absolute Gasteiger partial charge is 0.398 e. The Hall–Kier alpha value is -0.340. The van der Waals surface area contributed by atoms with Crippen molar-refractivity contribution in [1.82, 2.24) is 0 Å². The van der Waals surface area contributed by atoms with Crippen molar-refractivity contribution in [3.63, 3.8) is 0 Å². The molecule has 0 aliphatic rings. The van der Waals surface area contributed by atoms with E-state index in [-0.39, 0.29) is 48.0 Å². The van der Waals surface area contributed by atoms with Crippen molar-refractivity contribution in [3.05, 3.63) is 65.4 Å². The molecule has 3 aromatic rings. The molecule has 1 nitrogen and oxygen atoms in total. The first-order valence-electron chi connectivity index (χ1n) is 5.08. The summed E-state index contributed by atoms with van der Waals surface area (Å²) in [6, 6.07) is 18.1. The first-order chi connectivity index (χ1) is 7.88. The molecule has 0 saturated heterocycles. The highest BCUT2D eigenvalue weighted by atomic mass is 127. The van der Waals surface area contributed by atoms with Crippen LogP contribution in [-0.4, -0.2) is 0 Å². The third kappa shape index (κ3) is 5.11. The van der Waals surface area contributed by atoms with E-state index in [1.165, 1.54) is 5.39 Å². The minimum absolute atomic E-state index is 0. The lowest BCUT2D eigenvalue weighted by atomic mass is 10.1. The second-order valence-corrected chi connectivity index (χ2v) is 4.18. The van der Waals surface area contributed by atoms with Crippen LogP contribution in [-0.2, 0) is 0 Å². The highest BCUT2D eigenvalue weighted by molar-refractivity contribution is 14.0. The molecule has 2 aromatic carbocycles.